The standard InChI is InChI=1S/C20H19N3OS/c24-19(11-10-15-6-2-1-3-7-15)21-17-9-5-4-8-16(17)18-14-23-12-13-25-20(23)22-18/h1-9,14H,10-13H2,(H,21,24). The molecule has 2 aromatic carbocycles. The first kappa shape index (κ1) is 16.0. The number of nitrogens with one attached hydrogen (secondary N) is 1. The molecule has 1 amide bonds. The number of fused-ring (bicyclic) bond motifs is 1. The molecule has 2 heterocycles. The van der Waals surface area contributed by atoms with E-state index in [2.05, 4.69) is 16.1 Å². The zero-order chi connectivity index (χ0) is 17.1. The van der Waals surface area contributed by atoms with Gasteiger partial charge in [0.2, 0.25) is 5.91 Å². The molecule has 1 aliphatic heterocycles. The Kier molecular flexibility index (Phi) is 4.57. The second-order valence-corrected chi connectivity index (χ2v) is 7.09. The van der Waals surface area contributed by atoms with Crippen LogP contribution in [0, 0.1) is 0 Å². The van der Waals surface area contributed by atoms with Gasteiger partial charge >= 0.3 is 0 Å². The van der Waals surface area contributed by atoms with Crippen LogP contribution in [0.15, 0.2) is 66.0 Å². The second-order valence-electron chi connectivity index (χ2n) is 6.03. The van der Waals surface area contributed by atoms with Crippen molar-refractivity contribution in [3.05, 3.63) is 66.4 Å². The monoisotopic (exact) mass is 349 g/mol. The number of nitrogens with zero attached hydrogens (tertiary/aromatic N) is 2. The summed E-state index contributed by atoms with van der Waals surface area (Å²) in [6, 6.07) is 17.9. The average Bonchev–Trinajstić information content (AvgIpc) is 3.23. The van der Waals surface area contributed by atoms with Gasteiger partial charge in [0.05, 0.1) is 11.4 Å². The van der Waals surface area contributed by atoms with Crippen LogP contribution in [-0.2, 0) is 17.8 Å². The summed E-state index contributed by atoms with van der Waals surface area (Å²) in [4.78, 5) is 17.1. The van der Waals surface area contributed by atoms with Crippen LogP contribution in [0.25, 0.3) is 11.3 Å². The van der Waals surface area contributed by atoms with Gasteiger partial charge in [0.15, 0.2) is 5.16 Å². The van der Waals surface area contributed by atoms with E-state index in [1.54, 1.807) is 11.8 Å². The van der Waals surface area contributed by atoms with Gasteiger partial charge in [-0.25, -0.2) is 4.98 Å². The molecule has 4 rings (SSSR count). The summed E-state index contributed by atoms with van der Waals surface area (Å²) >= 11 is 1.77. The number of hydrogen-bond donors (Lipinski definition) is 1. The van der Waals surface area contributed by atoms with Gasteiger partial charge in [-0.3, -0.25) is 4.79 Å². The summed E-state index contributed by atoms with van der Waals surface area (Å²) in [5, 5.41) is 4.10. The first-order valence-corrected chi connectivity index (χ1v) is 9.41. The lowest BCUT2D eigenvalue weighted by Crippen LogP contribution is -2.13. The molecule has 0 saturated carbocycles. The molecule has 0 radical (unpaired) electrons. The van der Waals surface area contributed by atoms with E-state index in [9.17, 15) is 4.79 Å². The molecule has 0 fully saturated rings. The molecule has 1 N–H and O–H groups in total. The Morgan fingerprint density at radius 3 is 2.76 bits per heavy atom. The molecule has 4 nitrogen and oxygen atoms in total. The maximum absolute atomic E-state index is 12.4. The van der Waals surface area contributed by atoms with Crippen LogP contribution in [0.3, 0.4) is 0 Å². The van der Waals surface area contributed by atoms with Gasteiger partial charge in [-0.15, -0.1) is 0 Å². The van der Waals surface area contributed by atoms with Gasteiger partial charge in [0.1, 0.15) is 0 Å². The second kappa shape index (κ2) is 7.15. The Bertz CT molecular complexity index is 867. The minimum atomic E-state index is 0.0254. The number of hydrogen-bond acceptors (Lipinski definition) is 3. The van der Waals surface area contributed by atoms with Gasteiger partial charge in [0, 0.05) is 30.5 Å². The number of para-hydroxylation sites is 1. The van der Waals surface area contributed by atoms with Crippen LogP contribution < -0.4 is 5.32 Å². The van der Waals surface area contributed by atoms with Crippen molar-refractivity contribution in [3.63, 3.8) is 0 Å². The normalized spacial score (nSPS) is 12.8. The van der Waals surface area contributed by atoms with Crippen molar-refractivity contribution in [2.75, 3.05) is 11.1 Å². The number of rotatable bonds is 5. The largest absolute Gasteiger partial charge is 0.325 e. The van der Waals surface area contributed by atoms with E-state index >= 15 is 0 Å². The molecule has 0 atom stereocenters. The SMILES string of the molecule is O=C(CCc1ccccc1)Nc1ccccc1-c1cn2c(n1)SCC2. The molecule has 5 heteroatoms. The van der Waals surface area contributed by atoms with Crippen molar-refractivity contribution in [2.45, 2.75) is 24.5 Å². The van der Waals surface area contributed by atoms with Crippen LogP contribution in [0.2, 0.25) is 0 Å². The molecule has 1 aromatic heterocycles. The van der Waals surface area contributed by atoms with E-state index in [4.69, 9.17) is 4.98 Å². The number of aromatic nitrogens is 2. The number of carbonyl (C=O) groups is 1. The lowest BCUT2D eigenvalue weighted by atomic mass is 10.1. The summed E-state index contributed by atoms with van der Waals surface area (Å²) in [6.45, 7) is 0.999. The number of benzene rings is 2. The number of amides is 1. The average molecular weight is 349 g/mol. The van der Waals surface area contributed by atoms with Crippen molar-refractivity contribution >= 4 is 23.4 Å². The van der Waals surface area contributed by atoms with Gasteiger partial charge in [-0.2, -0.15) is 0 Å². The zero-order valence-corrected chi connectivity index (χ0v) is 14.6. The van der Waals surface area contributed by atoms with Gasteiger partial charge in [0.25, 0.3) is 0 Å². The van der Waals surface area contributed by atoms with Crippen molar-refractivity contribution in [3.8, 4) is 11.3 Å². The quantitative estimate of drug-likeness (QED) is 0.750. The fraction of sp³-hybridized carbons (Fsp3) is 0.200. The molecule has 3 aromatic rings. The Labute approximate surface area is 151 Å². The third-order valence-corrected chi connectivity index (χ3v) is 5.23. The van der Waals surface area contributed by atoms with Crippen molar-refractivity contribution in [1.82, 2.24) is 9.55 Å². The number of carbonyl (C=O) groups excluding carboxylic acids is 1. The summed E-state index contributed by atoms with van der Waals surface area (Å²) in [7, 11) is 0. The highest BCUT2D eigenvalue weighted by molar-refractivity contribution is 7.99. The molecule has 1 aliphatic rings. The molecule has 0 saturated heterocycles. The third kappa shape index (κ3) is 3.61. The molecule has 0 unspecified atom stereocenters. The van der Waals surface area contributed by atoms with E-state index < -0.39 is 0 Å². The van der Waals surface area contributed by atoms with Crippen LogP contribution in [0.5, 0.6) is 0 Å². The third-order valence-electron chi connectivity index (χ3n) is 4.26. The van der Waals surface area contributed by atoms with E-state index in [1.165, 1.54) is 5.56 Å². The summed E-state index contributed by atoms with van der Waals surface area (Å²) in [5.74, 6) is 1.11. The summed E-state index contributed by atoms with van der Waals surface area (Å²) < 4.78 is 2.17. The highest BCUT2D eigenvalue weighted by Gasteiger charge is 2.17. The van der Waals surface area contributed by atoms with Gasteiger partial charge < -0.3 is 9.88 Å². The van der Waals surface area contributed by atoms with E-state index in [-0.39, 0.29) is 5.91 Å². The van der Waals surface area contributed by atoms with Gasteiger partial charge in [-0.1, -0.05) is 60.3 Å². The van der Waals surface area contributed by atoms with Crippen LogP contribution in [0.4, 0.5) is 5.69 Å². The Hall–Kier alpha value is -2.53. The summed E-state index contributed by atoms with van der Waals surface area (Å²) in [5.41, 5.74) is 3.88. The van der Waals surface area contributed by atoms with Crippen LogP contribution >= 0.6 is 11.8 Å². The number of imidazole rings is 1. The number of aryl methyl sites for hydroxylation is 2. The molecule has 0 aliphatic carbocycles. The predicted molar refractivity (Wildman–Crippen MR) is 102 cm³/mol. The maximum atomic E-state index is 12.4. The molecule has 126 valence electrons. The van der Waals surface area contributed by atoms with E-state index in [0.717, 1.165) is 40.8 Å². The fourth-order valence-corrected chi connectivity index (χ4v) is 3.91. The van der Waals surface area contributed by atoms with E-state index in [0.29, 0.717) is 6.42 Å². The molecule has 25 heavy (non-hydrogen) atoms. The first-order chi connectivity index (χ1) is 12.3. The predicted octanol–water partition coefficient (Wildman–Crippen LogP) is 4.23. The minimum Gasteiger partial charge on any atom is -0.325 e. The Morgan fingerprint density at radius 2 is 1.92 bits per heavy atom. The topological polar surface area (TPSA) is 46.9 Å². The Balaban J connectivity index is 1.48. The number of thioether (sulfide) groups is 1. The zero-order valence-electron chi connectivity index (χ0n) is 13.8. The Morgan fingerprint density at radius 1 is 1.12 bits per heavy atom. The fourth-order valence-electron chi connectivity index (χ4n) is 2.97. The van der Waals surface area contributed by atoms with Gasteiger partial charge in [-0.05, 0) is 18.1 Å². The van der Waals surface area contributed by atoms with Crippen molar-refractivity contribution in [2.24, 2.45) is 0 Å². The molecule has 0 bridgehead atoms. The smallest absolute Gasteiger partial charge is 0.224 e. The molecular weight excluding hydrogens is 330 g/mol. The van der Waals surface area contributed by atoms with E-state index in [1.807, 2.05) is 54.6 Å². The molecular formula is C20H19N3OS. The number of anilines is 1. The lowest BCUT2D eigenvalue weighted by molar-refractivity contribution is -0.116. The van der Waals surface area contributed by atoms with Crippen molar-refractivity contribution < 1.29 is 4.79 Å². The maximum Gasteiger partial charge on any atom is 0.224 e. The molecule has 0 spiro atoms. The summed E-state index contributed by atoms with van der Waals surface area (Å²) in [6.07, 6.45) is 3.28. The highest BCUT2D eigenvalue weighted by Crippen LogP contribution is 2.32. The highest BCUT2D eigenvalue weighted by atomic mass is 32.2. The first-order valence-electron chi connectivity index (χ1n) is 8.43. The van der Waals surface area contributed by atoms with Crippen molar-refractivity contribution in [1.29, 1.82) is 0 Å². The lowest BCUT2D eigenvalue weighted by Gasteiger charge is -2.10. The minimum absolute atomic E-state index is 0.0254. The van der Waals surface area contributed by atoms with Crippen LogP contribution in [-0.4, -0.2) is 21.2 Å². The van der Waals surface area contributed by atoms with Crippen LogP contribution in [0.1, 0.15) is 12.0 Å².